The molecule has 72 valence electrons. The number of nitrogens with zero attached hydrogens (tertiary/aromatic N) is 3. The second-order valence-electron chi connectivity index (χ2n) is 3.86. The van der Waals surface area contributed by atoms with Gasteiger partial charge in [-0.15, -0.1) is 21.8 Å². The van der Waals surface area contributed by atoms with Crippen molar-refractivity contribution in [1.82, 2.24) is 14.8 Å². The van der Waals surface area contributed by atoms with Crippen LogP contribution >= 0.6 is 11.6 Å². The lowest BCUT2D eigenvalue weighted by molar-refractivity contribution is 0.403. The van der Waals surface area contributed by atoms with Gasteiger partial charge in [0.05, 0.1) is 5.88 Å². The van der Waals surface area contributed by atoms with Gasteiger partial charge < -0.3 is 4.57 Å². The van der Waals surface area contributed by atoms with Crippen LogP contribution in [0.4, 0.5) is 0 Å². The average molecular weight is 200 g/mol. The molecule has 1 aliphatic rings. The molecule has 0 spiro atoms. The highest BCUT2D eigenvalue weighted by Gasteiger charge is 2.41. The van der Waals surface area contributed by atoms with E-state index >= 15 is 0 Å². The maximum atomic E-state index is 5.74. The molecule has 0 amide bonds. The molecule has 0 saturated heterocycles. The topological polar surface area (TPSA) is 30.7 Å². The summed E-state index contributed by atoms with van der Waals surface area (Å²) >= 11 is 5.74. The minimum atomic E-state index is 0.458. The number of hydrogen-bond donors (Lipinski definition) is 0. The minimum absolute atomic E-state index is 0.458. The summed E-state index contributed by atoms with van der Waals surface area (Å²) in [5.41, 5.74) is 0.531. The van der Waals surface area contributed by atoms with E-state index in [0.29, 0.717) is 11.3 Å². The van der Waals surface area contributed by atoms with Crippen LogP contribution in [0.2, 0.25) is 0 Å². The number of aromatic nitrogens is 3. The predicted octanol–water partition coefficient (Wildman–Crippen LogP) is 2.21. The summed E-state index contributed by atoms with van der Waals surface area (Å²) < 4.78 is 2.09. The molecule has 1 heterocycles. The Balaban J connectivity index is 2.09. The molecule has 2 rings (SSSR count). The largest absolute Gasteiger partial charge is 0.316 e. The van der Waals surface area contributed by atoms with Crippen molar-refractivity contribution in [3.8, 4) is 0 Å². The molecule has 0 N–H and O–H groups in total. The van der Waals surface area contributed by atoms with Crippen molar-refractivity contribution in [2.45, 2.75) is 38.6 Å². The molecular weight excluding hydrogens is 186 g/mol. The summed E-state index contributed by atoms with van der Waals surface area (Å²) in [4.78, 5) is 0. The molecule has 1 saturated carbocycles. The standard InChI is InChI=1S/C9H14ClN3/c1-2-9(3-4-9)6-13-7-11-12-8(13)5-10/h7H,2-6H2,1H3. The highest BCUT2D eigenvalue weighted by atomic mass is 35.5. The Morgan fingerprint density at radius 2 is 2.38 bits per heavy atom. The number of rotatable bonds is 4. The molecule has 0 aliphatic heterocycles. The van der Waals surface area contributed by atoms with Crippen LogP contribution in [0, 0.1) is 5.41 Å². The lowest BCUT2D eigenvalue weighted by Gasteiger charge is -2.13. The molecular formula is C9H14ClN3. The van der Waals surface area contributed by atoms with E-state index in [2.05, 4.69) is 21.7 Å². The molecule has 3 nitrogen and oxygen atoms in total. The lowest BCUT2D eigenvalue weighted by atomic mass is 10.0. The van der Waals surface area contributed by atoms with Crippen LogP contribution in [-0.2, 0) is 12.4 Å². The molecule has 13 heavy (non-hydrogen) atoms. The molecule has 0 bridgehead atoms. The fourth-order valence-corrected chi connectivity index (χ4v) is 1.88. The van der Waals surface area contributed by atoms with E-state index in [1.54, 1.807) is 6.33 Å². The zero-order valence-electron chi connectivity index (χ0n) is 7.83. The lowest BCUT2D eigenvalue weighted by Crippen LogP contribution is -2.12. The molecule has 4 heteroatoms. The van der Waals surface area contributed by atoms with Crippen LogP contribution in [0.3, 0.4) is 0 Å². The van der Waals surface area contributed by atoms with E-state index in [1.807, 2.05) is 0 Å². The van der Waals surface area contributed by atoms with Gasteiger partial charge in [-0.05, 0) is 24.7 Å². The van der Waals surface area contributed by atoms with Gasteiger partial charge in [0.2, 0.25) is 0 Å². The van der Waals surface area contributed by atoms with Crippen molar-refractivity contribution < 1.29 is 0 Å². The number of alkyl halides is 1. The predicted molar refractivity (Wildman–Crippen MR) is 51.5 cm³/mol. The van der Waals surface area contributed by atoms with Crippen molar-refractivity contribution in [1.29, 1.82) is 0 Å². The Bertz CT molecular complexity index is 291. The van der Waals surface area contributed by atoms with Gasteiger partial charge in [0.25, 0.3) is 0 Å². The third-order valence-corrected chi connectivity index (χ3v) is 3.27. The summed E-state index contributed by atoms with van der Waals surface area (Å²) in [5.74, 6) is 1.35. The SMILES string of the molecule is CCC1(Cn2cnnc2CCl)CC1. The van der Waals surface area contributed by atoms with Gasteiger partial charge in [0.1, 0.15) is 12.2 Å². The van der Waals surface area contributed by atoms with Crippen molar-refractivity contribution in [2.75, 3.05) is 0 Å². The first kappa shape index (κ1) is 9.00. The van der Waals surface area contributed by atoms with E-state index in [0.717, 1.165) is 12.4 Å². The molecule has 0 radical (unpaired) electrons. The monoisotopic (exact) mass is 199 g/mol. The van der Waals surface area contributed by atoms with Gasteiger partial charge in [-0.3, -0.25) is 0 Å². The molecule has 1 aliphatic carbocycles. The summed E-state index contributed by atoms with van der Waals surface area (Å²) in [5, 5.41) is 7.83. The number of hydrogen-bond acceptors (Lipinski definition) is 2. The Morgan fingerprint density at radius 1 is 1.62 bits per heavy atom. The van der Waals surface area contributed by atoms with Crippen LogP contribution in [0.5, 0.6) is 0 Å². The van der Waals surface area contributed by atoms with Crippen LogP contribution in [-0.4, -0.2) is 14.8 Å². The van der Waals surface area contributed by atoms with Crippen LogP contribution in [0.1, 0.15) is 32.0 Å². The Morgan fingerprint density at radius 3 is 2.92 bits per heavy atom. The fourth-order valence-electron chi connectivity index (χ4n) is 1.68. The summed E-state index contributed by atoms with van der Waals surface area (Å²) in [7, 11) is 0. The second-order valence-corrected chi connectivity index (χ2v) is 4.13. The van der Waals surface area contributed by atoms with Crippen LogP contribution in [0.15, 0.2) is 6.33 Å². The Labute approximate surface area is 83.1 Å². The van der Waals surface area contributed by atoms with Crippen molar-refractivity contribution >= 4 is 11.6 Å². The van der Waals surface area contributed by atoms with Gasteiger partial charge >= 0.3 is 0 Å². The van der Waals surface area contributed by atoms with Crippen molar-refractivity contribution in [3.05, 3.63) is 12.2 Å². The molecule has 0 unspecified atom stereocenters. The van der Waals surface area contributed by atoms with Crippen LogP contribution in [0.25, 0.3) is 0 Å². The van der Waals surface area contributed by atoms with E-state index in [1.165, 1.54) is 19.3 Å². The second kappa shape index (κ2) is 3.29. The molecule has 1 fully saturated rings. The first-order valence-corrected chi connectivity index (χ1v) is 5.26. The van der Waals surface area contributed by atoms with Crippen molar-refractivity contribution in [3.63, 3.8) is 0 Å². The molecule has 1 aromatic heterocycles. The minimum Gasteiger partial charge on any atom is -0.316 e. The van der Waals surface area contributed by atoms with Gasteiger partial charge in [0.15, 0.2) is 0 Å². The third-order valence-electron chi connectivity index (χ3n) is 3.03. The highest BCUT2D eigenvalue weighted by Crippen LogP contribution is 2.50. The van der Waals surface area contributed by atoms with Gasteiger partial charge in [-0.25, -0.2) is 0 Å². The number of halogens is 1. The smallest absolute Gasteiger partial charge is 0.147 e. The summed E-state index contributed by atoms with van der Waals surface area (Å²) in [6, 6.07) is 0. The van der Waals surface area contributed by atoms with E-state index < -0.39 is 0 Å². The highest BCUT2D eigenvalue weighted by molar-refractivity contribution is 6.16. The van der Waals surface area contributed by atoms with Gasteiger partial charge in [-0.2, -0.15) is 0 Å². The Kier molecular flexibility index (Phi) is 2.28. The summed E-state index contributed by atoms with van der Waals surface area (Å²) in [6.45, 7) is 3.29. The van der Waals surface area contributed by atoms with Gasteiger partial charge in [-0.1, -0.05) is 6.92 Å². The average Bonchev–Trinajstić information content (AvgIpc) is 2.78. The maximum Gasteiger partial charge on any atom is 0.147 e. The molecule has 1 aromatic rings. The zero-order chi connectivity index (χ0) is 9.31. The first-order valence-electron chi connectivity index (χ1n) is 4.72. The fraction of sp³-hybridized carbons (Fsp3) is 0.778. The first-order chi connectivity index (χ1) is 6.29. The maximum absolute atomic E-state index is 5.74. The Hall–Kier alpha value is -0.570. The normalized spacial score (nSPS) is 18.9. The molecule has 0 atom stereocenters. The van der Waals surface area contributed by atoms with Gasteiger partial charge in [0, 0.05) is 6.54 Å². The molecule has 0 aromatic carbocycles. The van der Waals surface area contributed by atoms with E-state index in [4.69, 9.17) is 11.6 Å². The quantitative estimate of drug-likeness (QED) is 0.697. The van der Waals surface area contributed by atoms with Crippen LogP contribution < -0.4 is 0 Å². The van der Waals surface area contributed by atoms with Crippen molar-refractivity contribution in [2.24, 2.45) is 5.41 Å². The zero-order valence-corrected chi connectivity index (χ0v) is 8.59. The third kappa shape index (κ3) is 1.70. The van der Waals surface area contributed by atoms with E-state index in [-0.39, 0.29) is 0 Å². The summed E-state index contributed by atoms with van der Waals surface area (Å²) in [6.07, 6.45) is 5.70. The van der Waals surface area contributed by atoms with E-state index in [9.17, 15) is 0 Å².